The first kappa shape index (κ1) is 15.4. The lowest BCUT2D eigenvalue weighted by molar-refractivity contribution is 0.0949. The van der Waals surface area contributed by atoms with Crippen molar-refractivity contribution < 1.29 is 4.79 Å². The molecular formula is C18H17N3OS. The van der Waals surface area contributed by atoms with Crippen LogP contribution in [0.25, 0.3) is 10.7 Å². The van der Waals surface area contributed by atoms with Gasteiger partial charge in [0.2, 0.25) is 0 Å². The Bertz CT molecular complexity index is 756. The van der Waals surface area contributed by atoms with Crippen LogP contribution in [0.1, 0.15) is 22.5 Å². The maximum atomic E-state index is 12.1. The Labute approximate surface area is 139 Å². The van der Waals surface area contributed by atoms with E-state index in [4.69, 9.17) is 0 Å². The topological polar surface area (TPSA) is 54.9 Å². The van der Waals surface area contributed by atoms with Gasteiger partial charge >= 0.3 is 0 Å². The number of amides is 1. The molecule has 0 saturated heterocycles. The van der Waals surface area contributed by atoms with Crippen LogP contribution in [0.5, 0.6) is 0 Å². The highest BCUT2D eigenvalue weighted by atomic mass is 32.1. The zero-order valence-corrected chi connectivity index (χ0v) is 13.4. The Kier molecular flexibility index (Phi) is 5.11. The summed E-state index contributed by atoms with van der Waals surface area (Å²) in [5.41, 5.74) is 2.53. The molecule has 2 heterocycles. The van der Waals surface area contributed by atoms with E-state index in [0.717, 1.165) is 23.5 Å². The molecule has 0 fully saturated rings. The minimum absolute atomic E-state index is 0.128. The normalized spacial score (nSPS) is 10.4. The second kappa shape index (κ2) is 7.65. The van der Waals surface area contributed by atoms with E-state index in [1.54, 1.807) is 11.6 Å². The van der Waals surface area contributed by atoms with E-state index in [9.17, 15) is 4.79 Å². The number of hydrogen-bond donors (Lipinski definition) is 1. The predicted octanol–water partition coefficient (Wildman–Crippen LogP) is 3.57. The van der Waals surface area contributed by atoms with Gasteiger partial charge in [0.1, 0.15) is 10.7 Å². The molecule has 5 heteroatoms. The number of pyridine rings is 1. The smallest absolute Gasteiger partial charge is 0.270 e. The molecule has 0 aliphatic rings. The third-order valence-corrected chi connectivity index (χ3v) is 4.26. The van der Waals surface area contributed by atoms with Crippen LogP contribution in [-0.2, 0) is 6.42 Å². The highest BCUT2D eigenvalue weighted by Crippen LogP contribution is 2.21. The summed E-state index contributed by atoms with van der Waals surface area (Å²) in [6.07, 6.45) is 3.59. The van der Waals surface area contributed by atoms with Crippen molar-refractivity contribution in [2.24, 2.45) is 0 Å². The quantitative estimate of drug-likeness (QED) is 0.706. The third-order valence-electron chi connectivity index (χ3n) is 3.39. The number of thiazole rings is 1. The van der Waals surface area contributed by atoms with E-state index in [-0.39, 0.29) is 5.91 Å². The number of aromatic nitrogens is 2. The van der Waals surface area contributed by atoms with E-state index in [2.05, 4.69) is 27.4 Å². The van der Waals surface area contributed by atoms with Crippen LogP contribution < -0.4 is 5.32 Å². The summed E-state index contributed by atoms with van der Waals surface area (Å²) >= 11 is 1.43. The Morgan fingerprint density at radius 2 is 1.91 bits per heavy atom. The Morgan fingerprint density at radius 3 is 2.70 bits per heavy atom. The lowest BCUT2D eigenvalue weighted by Crippen LogP contribution is -2.25. The summed E-state index contributed by atoms with van der Waals surface area (Å²) in [5.74, 6) is -0.128. The standard InChI is InChI=1S/C18H17N3OS/c22-17(20-12-6-9-14-7-2-1-3-8-14)16-13-23-18(21-16)15-10-4-5-11-19-15/h1-5,7-8,10-11,13H,6,9,12H2,(H,20,22). The zero-order valence-electron chi connectivity index (χ0n) is 12.6. The van der Waals surface area contributed by atoms with Crippen molar-refractivity contribution in [3.63, 3.8) is 0 Å². The molecule has 0 radical (unpaired) electrons. The molecule has 0 saturated carbocycles. The fraction of sp³-hybridized carbons (Fsp3) is 0.167. The first-order valence-corrected chi connectivity index (χ1v) is 8.40. The predicted molar refractivity (Wildman–Crippen MR) is 92.4 cm³/mol. The first-order valence-electron chi connectivity index (χ1n) is 7.52. The Morgan fingerprint density at radius 1 is 1.09 bits per heavy atom. The van der Waals surface area contributed by atoms with Crippen LogP contribution in [0.2, 0.25) is 0 Å². The summed E-state index contributed by atoms with van der Waals surface area (Å²) in [7, 11) is 0. The number of benzene rings is 1. The molecule has 3 rings (SSSR count). The maximum Gasteiger partial charge on any atom is 0.270 e. The van der Waals surface area contributed by atoms with Gasteiger partial charge in [-0.2, -0.15) is 0 Å². The number of rotatable bonds is 6. The van der Waals surface area contributed by atoms with Crippen molar-refractivity contribution >= 4 is 17.2 Å². The lowest BCUT2D eigenvalue weighted by Gasteiger charge is -2.03. The molecule has 0 aliphatic carbocycles. The molecule has 23 heavy (non-hydrogen) atoms. The van der Waals surface area contributed by atoms with Crippen molar-refractivity contribution in [3.8, 4) is 10.7 Å². The number of hydrogen-bond acceptors (Lipinski definition) is 4. The monoisotopic (exact) mass is 323 g/mol. The van der Waals surface area contributed by atoms with Gasteiger partial charge in [-0.15, -0.1) is 11.3 Å². The molecule has 4 nitrogen and oxygen atoms in total. The third kappa shape index (κ3) is 4.23. The van der Waals surface area contributed by atoms with Gasteiger partial charge in [0, 0.05) is 18.1 Å². The van der Waals surface area contributed by atoms with E-state index in [1.807, 2.05) is 36.4 Å². The van der Waals surface area contributed by atoms with Crippen LogP contribution in [0.3, 0.4) is 0 Å². The maximum absolute atomic E-state index is 12.1. The molecule has 116 valence electrons. The second-order valence-electron chi connectivity index (χ2n) is 5.10. The fourth-order valence-electron chi connectivity index (χ4n) is 2.21. The van der Waals surface area contributed by atoms with Crippen molar-refractivity contribution in [2.75, 3.05) is 6.54 Å². The minimum Gasteiger partial charge on any atom is -0.351 e. The zero-order chi connectivity index (χ0) is 15.9. The molecular weight excluding hydrogens is 306 g/mol. The van der Waals surface area contributed by atoms with Crippen molar-refractivity contribution in [1.29, 1.82) is 0 Å². The first-order chi connectivity index (χ1) is 11.3. The molecule has 0 unspecified atom stereocenters. The molecule has 2 aromatic heterocycles. The highest BCUT2D eigenvalue weighted by Gasteiger charge is 2.11. The Hall–Kier alpha value is -2.53. The van der Waals surface area contributed by atoms with Crippen molar-refractivity contribution in [2.45, 2.75) is 12.8 Å². The van der Waals surface area contributed by atoms with Crippen LogP contribution in [-0.4, -0.2) is 22.4 Å². The molecule has 3 aromatic rings. The van der Waals surface area contributed by atoms with Crippen LogP contribution in [0.4, 0.5) is 0 Å². The van der Waals surface area contributed by atoms with E-state index in [1.165, 1.54) is 16.9 Å². The molecule has 1 amide bonds. The summed E-state index contributed by atoms with van der Waals surface area (Å²) in [6.45, 7) is 0.643. The van der Waals surface area contributed by atoms with E-state index >= 15 is 0 Å². The molecule has 1 aromatic carbocycles. The van der Waals surface area contributed by atoms with Gasteiger partial charge in [-0.05, 0) is 30.5 Å². The molecule has 1 N–H and O–H groups in total. The number of aryl methyl sites for hydroxylation is 1. The van der Waals surface area contributed by atoms with Gasteiger partial charge in [0.05, 0.1) is 5.69 Å². The van der Waals surface area contributed by atoms with Gasteiger partial charge in [-0.3, -0.25) is 9.78 Å². The van der Waals surface area contributed by atoms with E-state index < -0.39 is 0 Å². The summed E-state index contributed by atoms with van der Waals surface area (Å²) < 4.78 is 0. The van der Waals surface area contributed by atoms with Gasteiger partial charge < -0.3 is 5.32 Å². The number of carbonyl (C=O) groups is 1. The molecule has 0 bridgehead atoms. The number of nitrogens with zero attached hydrogens (tertiary/aromatic N) is 2. The largest absolute Gasteiger partial charge is 0.351 e. The SMILES string of the molecule is O=C(NCCCc1ccccc1)c1csc(-c2ccccn2)n1. The lowest BCUT2D eigenvalue weighted by atomic mass is 10.1. The highest BCUT2D eigenvalue weighted by molar-refractivity contribution is 7.13. The molecule has 0 atom stereocenters. The van der Waals surface area contributed by atoms with Crippen molar-refractivity contribution in [3.05, 3.63) is 71.4 Å². The van der Waals surface area contributed by atoms with Crippen molar-refractivity contribution in [1.82, 2.24) is 15.3 Å². The summed E-state index contributed by atoms with van der Waals surface area (Å²) in [5, 5.41) is 5.46. The number of carbonyl (C=O) groups excluding carboxylic acids is 1. The van der Waals surface area contributed by atoms with Crippen LogP contribution in [0.15, 0.2) is 60.1 Å². The minimum atomic E-state index is -0.128. The van der Waals surface area contributed by atoms with Gasteiger partial charge in [-0.1, -0.05) is 36.4 Å². The van der Waals surface area contributed by atoms with Crippen LogP contribution >= 0.6 is 11.3 Å². The Balaban J connectivity index is 1.50. The van der Waals surface area contributed by atoms with Gasteiger partial charge in [-0.25, -0.2) is 4.98 Å². The summed E-state index contributed by atoms with van der Waals surface area (Å²) in [6, 6.07) is 15.9. The average Bonchev–Trinajstić information content (AvgIpc) is 3.10. The van der Waals surface area contributed by atoms with Crippen LogP contribution in [0, 0.1) is 0 Å². The van der Waals surface area contributed by atoms with Gasteiger partial charge in [0.25, 0.3) is 5.91 Å². The van der Waals surface area contributed by atoms with E-state index in [0.29, 0.717) is 12.2 Å². The van der Waals surface area contributed by atoms with Gasteiger partial charge in [0.15, 0.2) is 0 Å². The fourth-order valence-corrected chi connectivity index (χ4v) is 2.99. The number of nitrogens with one attached hydrogen (secondary N) is 1. The second-order valence-corrected chi connectivity index (χ2v) is 5.96. The average molecular weight is 323 g/mol. The summed E-state index contributed by atoms with van der Waals surface area (Å²) in [4.78, 5) is 20.7. The molecule has 0 spiro atoms. The molecule has 0 aliphatic heterocycles.